The van der Waals surface area contributed by atoms with Crippen molar-refractivity contribution in [3.05, 3.63) is 0 Å². The van der Waals surface area contributed by atoms with Gasteiger partial charge in [0, 0.05) is 5.92 Å². The Labute approximate surface area is 101 Å². The van der Waals surface area contributed by atoms with Crippen molar-refractivity contribution < 1.29 is 19.8 Å². The molecule has 0 radical (unpaired) electrons. The number of carboxylic acid groups (broad SMARTS) is 1. The smallest absolute Gasteiger partial charge is 0.326 e. The average molecular weight is 243 g/mol. The summed E-state index contributed by atoms with van der Waals surface area (Å²) in [5.74, 6) is -1.65. The van der Waals surface area contributed by atoms with E-state index in [4.69, 9.17) is 5.11 Å². The molecule has 5 nitrogen and oxygen atoms in total. The van der Waals surface area contributed by atoms with Gasteiger partial charge in [0.1, 0.15) is 6.04 Å². The van der Waals surface area contributed by atoms with Crippen LogP contribution < -0.4 is 5.32 Å². The molecule has 0 heterocycles. The third-order valence-corrected chi connectivity index (χ3v) is 3.25. The summed E-state index contributed by atoms with van der Waals surface area (Å²) in [7, 11) is 0. The summed E-state index contributed by atoms with van der Waals surface area (Å²) in [6.07, 6.45) is 2.29. The molecule has 1 saturated carbocycles. The van der Waals surface area contributed by atoms with Crippen LogP contribution in [0, 0.1) is 11.8 Å². The zero-order valence-corrected chi connectivity index (χ0v) is 10.3. The molecule has 17 heavy (non-hydrogen) atoms. The highest BCUT2D eigenvalue weighted by atomic mass is 16.4. The number of amides is 1. The molecule has 1 aliphatic rings. The number of hydrogen-bond acceptors (Lipinski definition) is 3. The Morgan fingerprint density at radius 1 is 1.29 bits per heavy atom. The van der Waals surface area contributed by atoms with Crippen LogP contribution in [0.1, 0.15) is 39.5 Å². The molecule has 0 aliphatic heterocycles. The zero-order chi connectivity index (χ0) is 13.0. The molecule has 0 bridgehead atoms. The molecule has 1 rings (SSSR count). The van der Waals surface area contributed by atoms with E-state index in [-0.39, 0.29) is 17.7 Å². The Morgan fingerprint density at radius 3 is 2.41 bits per heavy atom. The fourth-order valence-electron chi connectivity index (χ4n) is 2.19. The number of nitrogens with one attached hydrogen (secondary N) is 1. The number of carboxylic acids is 1. The maximum atomic E-state index is 11.9. The number of carbonyl (C=O) groups excluding carboxylic acids is 1. The van der Waals surface area contributed by atoms with Gasteiger partial charge in [-0.15, -0.1) is 0 Å². The van der Waals surface area contributed by atoms with E-state index in [2.05, 4.69) is 5.32 Å². The first-order valence-corrected chi connectivity index (χ1v) is 6.13. The van der Waals surface area contributed by atoms with Crippen molar-refractivity contribution >= 4 is 11.9 Å². The van der Waals surface area contributed by atoms with Gasteiger partial charge in [0.2, 0.25) is 5.91 Å². The molecule has 3 N–H and O–H groups in total. The largest absolute Gasteiger partial charge is 0.480 e. The lowest BCUT2D eigenvalue weighted by Gasteiger charge is -2.27. The van der Waals surface area contributed by atoms with Crippen LogP contribution in [0.4, 0.5) is 0 Å². The molecule has 2 unspecified atom stereocenters. The van der Waals surface area contributed by atoms with Crippen molar-refractivity contribution in [2.45, 2.75) is 51.7 Å². The molecule has 0 aromatic rings. The lowest BCUT2D eigenvalue weighted by Crippen LogP contribution is -2.47. The Morgan fingerprint density at radius 2 is 1.94 bits per heavy atom. The Hall–Kier alpha value is -1.10. The van der Waals surface area contributed by atoms with Gasteiger partial charge < -0.3 is 15.5 Å². The topological polar surface area (TPSA) is 86.6 Å². The summed E-state index contributed by atoms with van der Waals surface area (Å²) in [6.45, 7) is 3.52. The van der Waals surface area contributed by atoms with E-state index in [1.807, 2.05) is 0 Å². The van der Waals surface area contributed by atoms with Crippen molar-refractivity contribution in [3.63, 3.8) is 0 Å². The van der Waals surface area contributed by atoms with Gasteiger partial charge in [0.25, 0.3) is 0 Å². The first kappa shape index (κ1) is 14.0. The molecule has 3 atom stereocenters. The monoisotopic (exact) mass is 243 g/mol. The molecule has 0 saturated heterocycles. The standard InChI is InChI=1S/C12H21NO4/c1-7(2)10(12(16)17)13-11(15)8-4-3-5-9(14)6-8/h7-10,14H,3-6H2,1-2H3,(H,13,15)(H,16,17)/t8?,9?,10-/m0/s1. The maximum absolute atomic E-state index is 11.9. The lowest BCUT2D eigenvalue weighted by molar-refractivity contribution is -0.144. The number of carbonyl (C=O) groups is 2. The van der Waals surface area contributed by atoms with Gasteiger partial charge in [-0.05, 0) is 25.2 Å². The van der Waals surface area contributed by atoms with E-state index in [0.717, 1.165) is 19.3 Å². The summed E-state index contributed by atoms with van der Waals surface area (Å²) >= 11 is 0. The number of aliphatic carboxylic acids is 1. The van der Waals surface area contributed by atoms with Crippen molar-refractivity contribution in [1.82, 2.24) is 5.32 Å². The summed E-state index contributed by atoms with van der Waals surface area (Å²) in [4.78, 5) is 22.8. The summed E-state index contributed by atoms with van der Waals surface area (Å²) in [5, 5.41) is 21.0. The second kappa shape index (κ2) is 6.00. The average Bonchev–Trinajstić information content (AvgIpc) is 2.24. The minimum atomic E-state index is -1.01. The highest BCUT2D eigenvalue weighted by Crippen LogP contribution is 2.24. The fraction of sp³-hybridized carbons (Fsp3) is 0.833. The molecule has 1 aliphatic carbocycles. The van der Waals surface area contributed by atoms with E-state index in [1.165, 1.54) is 0 Å². The molecule has 5 heteroatoms. The third kappa shape index (κ3) is 4.00. The summed E-state index contributed by atoms with van der Waals surface area (Å²) in [6, 6.07) is -0.846. The van der Waals surface area contributed by atoms with Gasteiger partial charge in [-0.25, -0.2) is 4.79 Å². The van der Waals surface area contributed by atoms with Gasteiger partial charge in [-0.1, -0.05) is 20.3 Å². The van der Waals surface area contributed by atoms with Crippen LogP contribution >= 0.6 is 0 Å². The van der Waals surface area contributed by atoms with Crippen molar-refractivity contribution in [2.24, 2.45) is 11.8 Å². The second-order valence-electron chi connectivity index (χ2n) is 5.09. The van der Waals surface area contributed by atoms with E-state index >= 15 is 0 Å². The zero-order valence-electron chi connectivity index (χ0n) is 10.3. The molecule has 1 amide bonds. The summed E-state index contributed by atoms with van der Waals surface area (Å²) < 4.78 is 0. The number of rotatable bonds is 4. The minimum Gasteiger partial charge on any atom is -0.480 e. The van der Waals surface area contributed by atoms with Crippen molar-refractivity contribution in [3.8, 4) is 0 Å². The predicted octanol–water partition coefficient (Wildman–Crippen LogP) is 0.763. The van der Waals surface area contributed by atoms with Crippen LogP contribution in [0.3, 0.4) is 0 Å². The first-order valence-electron chi connectivity index (χ1n) is 6.13. The Balaban J connectivity index is 2.54. The fourth-order valence-corrected chi connectivity index (χ4v) is 2.19. The van der Waals surface area contributed by atoms with Crippen LogP contribution in [0.15, 0.2) is 0 Å². The van der Waals surface area contributed by atoms with E-state index in [1.54, 1.807) is 13.8 Å². The Bertz CT molecular complexity index is 290. The van der Waals surface area contributed by atoms with Crippen molar-refractivity contribution in [1.29, 1.82) is 0 Å². The molecule has 0 aromatic heterocycles. The maximum Gasteiger partial charge on any atom is 0.326 e. The molecule has 0 aromatic carbocycles. The number of aliphatic hydroxyl groups excluding tert-OH is 1. The highest BCUT2D eigenvalue weighted by Gasteiger charge is 2.30. The SMILES string of the molecule is CC(C)[C@H](NC(=O)C1CCCC(O)C1)C(=O)O. The van der Waals surface area contributed by atoms with Gasteiger partial charge >= 0.3 is 5.97 Å². The lowest BCUT2D eigenvalue weighted by atomic mass is 9.86. The minimum absolute atomic E-state index is 0.148. The quantitative estimate of drug-likeness (QED) is 0.680. The van der Waals surface area contributed by atoms with E-state index < -0.39 is 18.1 Å². The highest BCUT2D eigenvalue weighted by molar-refractivity contribution is 5.85. The summed E-state index contributed by atoms with van der Waals surface area (Å²) in [5.41, 5.74) is 0. The Kier molecular flexibility index (Phi) is 4.93. The molecule has 98 valence electrons. The van der Waals surface area contributed by atoms with Crippen LogP contribution in [-0.4, -0.2) is 34.2 Å². The molecular weight excluding hydrogens is 222 g/mol. The normalized spacial score (nSPS) is 26.6. The first-order chi connectivity index (χ1) is 7.91. The molecule has 0 spiro atoms. The van der Waals surface area contributed by atoms with Crippen LogP contribution in [0.2, 0.25) is 0 Å². The van der Waals surface area contributed by atoms with Gasteiger partial charge in [-0.3, -0.25) is 4.79 Å². The van der Waals surface area contributed by atoms with E-state index in [9.17, 15) is 14.7 Å². The molecule has 1 fully saturated rings. The van der Waals surface area contributed by atoms with Gasteiger partial charge in [0.15, 0.2) is 0 Å². The number of hydrogen-bond donors (Lipinski definition) is 3. The number of aliphatic hydroxyl groups is 1. The van der Waals surface area contributed by atoms with Crippen LogP contribution in [0.5, 0.6) is 0 Å². The van der Waals surface area contributed by atoms with Crippen LogP contribution in [-0.2, 0) is 9.59 Å². The second-order valence-corrected chi connectivity index (χ2v) is 5.09. The van der Waals surface area contributed by atoms with Gasteiger partial charge in [-0.2, -0.15) is 0 Å². The van der Waals surface area contributed by atoms with Crippen LogP contribution in [0.25, 0.3) is 0 Å². The van der Waals surface area contributed by atoms with Gasteiger partial charge in [0.05, 0.1) is 6.10 Å². The third-order valence-electron chi connectivity index (χ3n) is 3.25. The predicted molar refractivity (Wildman–Crippen MR) is 62.4 cm³/mol. The van der Waals surface area contributed by atoms with E-state index in [0.29, 0.717) is 6.42 Å². The molecular formula is C12H21NO4. The van der Waals surface area contributed by atoms with Crippen molar-refractivity contribution in [2.75, 3.05) is 0 Å².